The van der Waals surface area contributed by atoms with E-state index in [1.54, 1.807) is 11.8 Å². The monoisotopic (exact) mass is 186 g/mol. The van der Waals surface area contributed by atoms with Gasteiger partial charge in [-0.05, 0) is 30.5 Å². The SMILES string of the molecule is CSc1ccc(OCCF)cc1. The van der Waals surface area contributed by atoms with Crippen molar-refractivity contribution in [1.82, 2.24) is 0 Å². The molecule has 1 rings (SSSR count). The first-order valence-corrected chi connectivity index (χ1v) is 4.92. The third-order valence-corrected chi connectivity index (χ3v) is 2.15. The van der Waals surface area contributed by atoms with E-state index in [0.717, 1.165) is 5.75 Å². The molecule has 0 unspecified atom stereocenters. The van der Waals surface area contributed by atoms with Crippen molar-refractivity contribution >= 4 is 11.8 Å². The number of halogens is 1. The molecule has 0 aromatic heterocycles. The van der Waals surface area contributed by atoms with E-state index in [2.05, 4.69) is 0 Å². The summed E-state index contributed by atoms with van der Waals surface area (Å²) in [5, 5.41) is 0. The Bertz CT molecular complexity index is 222. The largest absolute Gasteiger partial charge is 0.491 e. The third-order valence-electron chi connectivity index (χ3n) is 1.41. The zero-order valence-corrected chi connectivity index (χ0v) is 7.73. The second-order valence-electron chi connectivity index (χ2n) is 2.21. The summed E-state index contributed by atoms with van der Waals surface area (Å²) in [5.41, 5.74) is 0. The van der Waals surface area contributed by atoms with Crippen molar-refractivity contribution in [2.24, 2.45) is 0 Å². The summed E-state index contributed by atoms with van der Waals surface area (Å²) in [6.07, 6.45) is 2.01. The Balaban J connectivity index is 2.53. The van der Waals surface area contributed by atoms with Crippen LogP contribution in [0.15, 0.2) is 29.2 Å². The summed E-state index contributed by atoms with van der Waals surface area (Å²) in [5.74, 6) is 0.727. The molecule has 0 heterocycles. The van der Waals surface area contributed by atoms with Crippen molar-refractivity contribution in [3.8, 4) is 5.75 Å². The Morgan fingerprint density at radius 1 is 1.33 bits per heavy atom. The van der Waals surface area contributed by atoms with Crippen LogP contribution >= 0.6 is 11.8 Å². The van der Waals surface area contributed by atoms with Crippen LogP contribution < -0.4 is 4.74 Å². The van der Waals surface area contributed by atoms with Crippen molar-refractivity contribution < 1.29 is 9.13 Å². The lowest BCUT2D eigenvalue weighted by Gasteiger charge is -2.03. The molecule has 0 spiro atoms. The average Bonchev–Trinajstić information content (AvgIpc) is 2.15. The predicted octanol–water partition coefficient (Wildman–Crippen LogP) is 2.76. The van der Waals surface area contributed by atoms with E-state index in [9.17, 15) is 4.39 Å². The Morgan fingerprint density at radius 2 is 2.00 bits per heavy atom. The van der Waals surface area contributed by atoms with Crippen molar-refractivity contribution in [2.45, 2.75) is 4.90 Å². The van der Waals surface area contributed by atoms with Gasteiger partial charge in [0.1, 0.15) is 19.0 Å². The van der Waals surface area contributed by atoms with Crippen LogP contribution in [-0.2, 0) is 0 Å². The fourth-order valence-electron chi connectivity index (χ4n) is 0.828. The normalized spacial score (nSPS) is 9.83. The van der Waals surface area contributed by atoms with E-state index >= 15 is 0 Å². The molecule has 0 bridgehead atoms. The highest BCUT2D eigenvalue weighted by Gasteiger charge is 1.93. The number of benzene rings is 1. The van der Waals surface area contributed by atoms with E-state index in [4.69, 9.17) is 4.74 Å². The number of thioether (sulfide) groups is 1. The molecule has 12 heavy (non-hydrogen) atoms. The van der Waals surface area contributed by atoms with Crippen LogP contribution in [0.3, 0.4) is 0 Å². The van der Waals surface area contributed by atoms with Crippen LogP contribution in [0.4, 0.5) is 4.39 Å². The first-order valence-electron chi connectivity index (χ1n) is 3.69. The van der Waals surface area contributed by atoms with Crippen LogP contribution in [0.25, 0.3) is 0 Å². The third kappa shape index (κ3) is 2.74. The maximum Gasteiger partial charge on any atom is 0.123 e. The van der Waals surface area contributed by atoms with Crippen molar-refractivity contribution in [3.63, 3.8) is 0 Å². The molecular weight excluding hydrogens is 175 g/mol. The highest BCUT2D eigenvalue weighted by atomic mass is 32.2. The molecule has 3 heteroatoms. The van der Waals surface area contributed by atoms with E-state index in [1.165, 1.54) is 4.90 Å². The first kappa shape index (κ1) is 9.39. The number of ether oxygens (including phenoxy) is 1. The Labute approximate surface area is 75.9 Å². The summed E-state index contributed by atoms with van der Waals surface area (Å²) < 4.78 is 16.8. The minimum Gasteiger partial charge on any atom is -0.491 e. The van der Waals surface area contributed by atoms with Crippen molar-refractivity contribution in [1.29, 1.82) is 0 Å². The van der Waals surface area contributed by atoms with Crippen LogP contribution in [0.2, 0.25) is 0 Å². The zero-order chi connectivity index (χ0) is 8.81. The molecule has 0 radical (unpaired) electrons. The van der Waals surface area contributed by atoms with Gasteiger partial charge in [0.15, 0.2) is 0 Å². The van der Waals surface area contributed by atoms with E-state index in [0.29, 0.717) is 0 Å². The zero-order valence-electron chi connectivity index (χ0n) is 6.92. The fraction of sp³-hybridized carbons (Fsp3) is 0.333. The minimum atomic E-state index is -0.440. The van der Waals surface area contributed by atoms with Crippen LogP contribution in [0.5, 0.6) is 5.75 Å². The molecule has 0 fully saturated rings. The van der Waals surface area contributed by atoms with E-state index in [-0.39, 0.29) is 6.61 Å². The van der Waals surface area contributed by atoms with Crippen LogP contribution in [-0.4, -0.2) is 19.5 Å². The van der Waals surface area contributed by atoms with Gasteiger partial charge in [-0.25, -0.2) is 4.39 Å². The summed E-state index contributed by atoms with van der Waals surface area (Å²) in [4.78, 5) is 1.18. The fourth-order valence-corrected chi connectivity index (χ4v) is 1.24. The quantitative estimate of drug-likeness (QED) is 0.669. The van der Waals surface area contributed by atoms with Gasteiger partial charge in [-0.15, -0.1) is 11.8 Å². The van der Waals surface area contributed by atoms with Gasteiger partial charge in [-0.3, -0.25) is 0 Å². The lowest BCUT2D eigenvalue weighted by atomic mass is 10.3. The number of hydrogen-bond acceptors (Lipinski definition) is 2. The maximum atomic E-state index is 11.7. The lowest BCUT2D eigenvalue weighted by Crippen LogP contribution is -1.97. The second kappa shape index (κ2) is 5.04. The predicted molar refractivity (Wildman–Crippen MR) is 49.7 cm³/mol. The molecule has 0 aliphatic heterocycles. The molecule has 0 N–H and O–H groups in total. The standard InChI is InChI=1S/C9H11FOS/c1-12-9-4-2-8(3-5-9)11-7-6-10/h2-5H,6-7H2,1H3. The van der Waals surface area contributed by atoms with Gasteiger partial charge in [-0.1, -0.05) is 0 Å². The van der Waals surface area contributed by atoms with Gasteiger partial charge in [0.25, 0.3) is 0 Å². The molecule has 0 aliphatic rings. The molecule has 0 amide bonds. The van der Waals surface area contributed by atoms with Gasteiger partial charge in [0, 0.05) is 4.90 Å². The summed E-state index contributed by atoms with van der Waals surface area (Å²) in [7, 11) is 0. The van der Waals surface area contributed by atoms with Gasteiger partial charge in [0.05, 0.1) is 0 Å². The smallest absolute Gasteiger partial charge is 0.123 e. The summed E-state index contributed by atoms with van der Waals surface area (Å²) in [6, 6.07) is 7.61. The Hall–Kier alpha value is -0.700. The Kier molecular flexibility index (Phi) is 3.94. The minimum absolute atomic E-state index is 0.138. The second-order valence-corrected chi connectivity index (χ2v) is 3.09. The Morgan fingerprint density at radius 3 is 2.50 bits per heavy atom. The van der Waals surface area contributed by atoms with E-state index in [1.807, 2.05) is 30.5 Å². The van der Waals surface area contributed by atoms with Crippen LogP contribution in [0, 0.1) is 0 Å². The number of alkyl halides is 1. The molecule has 0 aliphatic carbocycles. The van der Waals surface area contributed by atoms with Gasteiger partial charge < -0.3 is 4.74 Å². The molecule has 66 valence electrons. The highest BCUT2D eigenvalue weighted by Crippen LogP contribution is 2.18. The molecule has 1 aromatic rings. The van der Waals surface area contributed by atoms with E-state index < -0.39 is 6.67 Å². The van der Waals surface area contributed by atoms with Gasteiger partial charge >= 0.3 is 0 Å². The lowest BCUT2D eigenvalue weighted by molar-refractivity contribution is 0.273. The highest BCUT2D eigenvalue weighted by molar-refractivity contribution is 7.98. The van der Waals surface area contributed by atoms with Crippen LogP contribution in [0.1, 0.15) is 0 Å². The average molecular weight is 186 g/mol. The molecule has 1 aromatic carbocycles. The molecule has 1 nitrogen and oxygen atoms in total. The first-order chi connectivity index (χ1) is 5.86. The number of hydrogen-bond donors (Lipinski definition) is 0. The van der Waals surface area contributed by atoms with Gasteiger partial charge in [0.2, 0.25) is 0 Å². The molecule has 0 saturated heterocycles. The number of rotatable bonds is 4. The molecule has 0 saturated carbocycles. The summed E-state index contributed by atoms with van der Waals surface area (Å²) in [6.45, 7) is -0.303. The van der Waals surface area contributed by atoms with Crippen molar-refractivity contribution in [2.75, 3.05) is 19.5 Å². The summed E-state index contributed by atoms with van der Waals surface area (Å²) >= 11 is 1.67. The van der Waals surface area contributed by atoms with Gasteiger partial charge in [-0.2, -0.15) is 0 Å². The molecular formula is C9H11FOS. The molecule has 0 atom stereocenters. The maximum absolute atomic E-state index is 11.7. The topological polar surface area (TPSA) is 9.23 Å². The van der Waals surface area contributed by atoms with Crippen molar-refractivity contribution in [3.05, 3.63) is 24.3 Å².